The highest BCUT2D eigenvalue weighted by atomic mass is 16.5. The fraction of sp³-hybridized carbons (Fsp3) is 0.786. The van der Waals surface area contributed by atoms with E-state index in [9.17, 15) is 4.79 Å². The molecule has 0 aromatic carbocycles. The summed E-state index contributed by atoms with van der Waals surface area (Å²) in [5.41, 5.74) is 1.03. The van der Waals surface area contributed by atoms with Crippen LogP contribution >= 0.6 is 0 Å². The van der Waals surface area contributed by atoms with Crippen molar-refractivity contribution in [1.82, 2.24) is 0 Å². The molecule has 0 saturated carbocycles. The second-order valence-electron chi connectivity index (χ2n) is 5.05. The molecule has 0 N–H and O–H groups in total. The fourth-order valence-corrected chi connectivity index (χ4v) is 3.21. The quantitative estimate of drug-likeness (QED) is 0.715. The van der Waals surface area contributed by atoms with Crippen LogP contribution in [0.4, 0.5) is 0 Å². The van der Waals surface area contributed by atoms with E-state index in [0.717, 1.165) is 43.4 Å². The van der Waals surface area contributed by atoms with Gasteiger partial charge < -0.3 is 4.74 Å². The lowest BCUT2D eigenvalue weighted by molar-refractivity contribution is -0.119. The molecule has 2 heteroatoms. The monoisotopic (exact) mass is 222 g/mol. The minimum Gasteiger partial charge on any atom is -0.494 e. The van der Waals surface area contributed by atoms with E-state index in [1.165, 1.54) is 0 Å². The molecule has 0 aromatic heterocycles. The van der Waals surface area contributed by atoms with Crippen molar-refractivity contribution in [1.29, 1.82) is 0 Å². The second kappa shape index (κ2) is 4.60. The number of ether oxygens (including phenoxy) is 1. The molecule has 1 aliphatic heterocycles. The summed E-state index contributed by atoms with van der Waals surface area (Å²) >= 11 is 0. The lowest BCUT2D eigenvalue weighted by Gasteiger charge is -2.40. The zero-order valence-corrected chi connectivity index (χ0v) is 10.6. The smallest absolute Gasteiger partial charge is 0.162 e. The zero-order chi connectivity index (χ0) is 11.7. The van der Waals surface area contributed by atoms with Crippen molar-refractivity contribution in [2.45, 2.75) is 59.0 Å². The number of Topliss-reactive ketones (excluding diaryl/α,β-unsaturated/α-hetero) is 1. The first-order chi connectivity index (χ1) is 7.69. The normalized spacial score (nSPS) is 34.7. The van der Waals surface area contributed by atoms with Crippen LogP contribution in [0.2, 0.25) is 0 Å². The molecule has 16 heavy (non-hydrogen) atoms. The van der Waals surface area contributed by atoms with Crippen LogP contribution in [-0.4, -0.2) is 11.9 Å². The van der Waals surface area contributed by atoms with Gasteiger partial charge >= 0.3 is 0 Å². The maximum absolute atomic E-state index is 12.0. The van der Waals surface area contributed by atoms with Crippen LogP contribution in [0.1, 0.15) is 52.9 Å². The lowest BCUT2D eigenvalue weighted by Crippen LogP contribution is -2.37. The summed E-state index contributed by atoms with van der Waals surface area (Å²) in [5.74, 6) is 2.28. The maximum Gasteiger partial charge on any atom is 0.162 e. The number of rotatable bonds is 2. The maximum atomic E-state index is 12.0. The van der Waals surface area contributed by atoms with Crippen molar-refractivity contribution >= 4 is 5.78 Å². The van der Waals surface area contributed by atoms with Crippen molar-refractivity contribution in [3.63, 3.8) is 0 Å². The molecule has 1 aliphatic carbocycles. The summed E-state index contributed by atoms with van der Waals surface area (Å²) in [5, 5.41) is 0. The molecule has 0 spiro atoms. The Hall–Kier alpha value is -0.790. The number of carbonyl (C=O) groups is 1. The first-order valence-corrected chi connectivity index (χ1v) is 6.61. The Morgan fingerprint density at radius 1 is 1.25 bits per heavy atom. The first kappa shape index (κ1) is 11.7. The topological polar surface area (TPSA) is 26.3 Å². The minimum absolute atomic E-state index is 0.314. The number of hydrogen-bond acceptors (Lipinski definition) is 2. The third kappa shape index (κ3) is 1.79. The largest absolute Gasteiger partial charge is 0.494 e. The van der Waals surface area contributed by atoms with Crippen LogP contribution in [0.3, 0.4) is 0 Å². The molecule has 2 nitrogen and oxygen atoms in total. The van der Waals surface area contributed by atoms with E-state index < -0.39 is 0 Å². The SMILES string of the molecule is CCC1OC2=C(C(=O)CCC2)C(CC)C1C. The molecular formula is C14H22O2. The van der Waals surface area contributed by atoms with Crippen LogP contribution in [0.5, 0.6) is 0 Å². The van der Waals surface area contributed by atoms with E-state index in [4.69, 9.17) is 4.74 Å². The van der Waals surface area contributed by atoms with Crippen LogP contribution < -0.4 is 0 Å². The zero-order valence-electron chi connectivity index (χ0n) is 10.6. The van der Waals surface area contributed by atoms with Gasteiger partial charge in [0, 0.05) is 24.3 Å². The van der Waals surface area contributed by atoms with Crippen LogP contribution in [-0.2, 0) is 9.53 Å². The van der Waals surface area contributed by atoms with Gasteiger partial charge in [-0.1, -0.05) is 20.8 Å². The number of hydrogen-bond donors (Lipinski definition) is 0. The lowest BCUT2D eigenvalue weighted by atomic mass is 9.74. The fourth-order valence-electron chi connectivity index (χ4n) is 3.21. The molecule has 2 rings (SSSR count). The molecule has 3 atom stereocenters. The van der Waals surface area contributed by atoms with E-state index in [2.05, 4.69) is 20.8 Å². The molecule has 0 saturated heterocycles. The highest BCUT2D eigenvalue weighted by Gasteiger charge is 2.39. The van der Waals surface area contributed by atoms with Crippen molar-refractivity contribution in [2.75, 3.05) is 0 Å². The minimum atomic E-state index is 0.314. The van der Waals surface area contributed by atoms with Gasteiger partial charge in [0.15, 0.2) is 5.78 Å². The van der Waals surface area contributed by atoms with E-state index >= 15 is 0 Å². The van der Waals surface area contributed by atoms with Gasteiger partial charge in [0.2, 0.25) is 0 Å². The molecular weight excluding hydrogens is 200 g/mol. The number of ketones is 1. The Labute approximate surface area is 98.1 Å². The predicted octanol–water partition coefficient (Wildman–Crippen LogP) is 3.46. The Balaban J connectivity index is 2.35. The van der Waals surface area contributed by atoms with Crippen LogP contribution in [0.15, 0.2) is 11.3 Å². The average molecular weight is 222 g/mol. The van der Waals surface area contributed by atoms with E-state index in [1.54, 1.807) is 0 Å². The van der Waals surface area contributed by atoms with Gasteiger partial charge in [0.05, 0.1) is 0 Å². The van der Waals surface area contributed by atoms with Gasteiger partial charge in [-0.2, -0.15) is 0 Å². The third-order valence-electron chi connectivity index (χ3n) is 4.14. The van der Waals surface area contributed by atoms with Gasteiger partial charge in [0.25, 0.3) is 0 Å². The highest BCUT2D eigenvalue weighted by Crippen LogP contribution is 2.41. The summed E-state index contributed by atoms with van der Waals surface area (Å²) < 4.78 is 6.01. The number of carbonyl (C=O) groups excluding carboxylic acids is 1. The van der Waals surface area contributed by atoms with E-state index in [-0.39, 0.29) is 0 Å². The Bertz CT molecular complexity index is 317. The third-order valence-corrected chi connectivity index (χ3v) is 4.14. The van der Waals surface area contributed by atoms with E-state index in [1.807, 2.05) is 0 Å². The number of allylic oxidation sites excluding steroid dienone is 2. The van der Waals surface area contributed by atoms with Crippen molar-refractivity contribution in [2.24, 2.45) is 11.8 Å². The highest BCUT2D eigenvalue weighted by molar-refractivity contribution is 5.97. The molecule has 90 valence electrons. The van der Waals surface area contributed by atoms with E-state index in [0.29, 0.717) is 23.7 Å². The van der Waals surface area contributed by atoms with Gasteiger partial charge in [-0.3, -0.25) is 4.79 Å². The van der Waals surface area contributed by atoms with Crippen LogP contribution in [0, 0.1) is 11.8 Å². The molecule has 2 aliphatic rings. The van der Waals surface area contributed by atoms with Gasteiger partial charge in [0.1, 0.15) is 11.9 Å². The molecule has 0 bridgehead atoms. The Morgan fingerprint density at radius 2 is 2.00 bits per heavy atom. The molecule has 0 amide bonds. The van der Waals surface area contributed by atoms with Gasteiger partial charge in [-0.05, 0) is 25.2 Å². The Morgan fingerprint density at radius 3 is 2.62 bits per heavy atom. The average Bonchev–Trinajstić information content (AvgIpc) is 2.29. The molecule has 0 aromatic rings. The summed E-state index contributed by atoms with van der Waals surface area (Å²) in [6.07, 6.45) is 5.09. The molecule has 0 fully saturated rings. The van der Waals surface area contributed by atoms with Crippen molar-refractivity contribution in [3.8, 4) is 0 Å². The van der Waals surface area contributed by atoms with Crippen molar-refractivity contribution < 1.29 is 9.53 Å². The summed E-state index contributed by atoms with van der Waals surface area (Å²) in [7, 11) is 0. The van der Waals surface area contributed by atoms with Crippen LogP contribution in [0.25, 0.3) is 0 Å². The summed E-state index contributed by atoms with van der Waals surface area (Å²) in [6.45, 7) is 6.59. The van der Waals surface area contributed by atoms with Gasteiger partial charge in [-0.15, -0.1) is 0 Å². The van der Waals surface area contributed by atoms with Gasteiger partial charge in [-0.25, -0.2) is 0 Å². The molecule has 1 heterocycles. The molecule has 0 radical (unpaired) electrons. The predicted molar refractivity (Wildman–Crippen MR) is 64.0 cm³/mol. The first-order valence-electron chi connectivity index (χ1n) is 6.61. The second-order valence-corrected chi connectivity index (χ2v) is 5.05. The summed E-state index contributed by atoms with van der Waals surface area (Å²) in [4.78, 5) is 12.0. The Kier molecular flexibility index (Phi) is 3.36. The molecule has 3 unspecified atom stereocenters. The standard InChI is InChI=1S/C14H22O2/c1-4-10-9(3)12(5-2)16-13-8-6-7-11(15)14(10)13/h9-10,12H,4-8H2,1-3H3. The van der Waals surface area contributed by atoms with Crippen molar-refractivity contribution in [3.05, 3.63) is 11.3 Å². The summed E-state index contributed by atoms with van der Waals surface area (Å²) in [6, 6.07) is 0.